The van der Waals surface area contributed by atoms with Gasteiger partial charge in [-0.2, -0.15) is 0 Å². The summed E-state index contributed by atoms with van der Waals surface area (Å²) >= 11 is 0. The molecule has 13 heavy (non-hydrogen) atoms. The van der Waals surface area contributed by atoms with Crippen molar-refractivity contribution in [3.8, 4) is 0 Å². The third-order valence-electron chi connectivity index (χ3n) is 3.93. The third-order valence-corrected chi connectivity index (χ3v) is 3.93. The molecule has 0 aromatic carbocycles. The van der Waals surface area contributed by atoms with E-state index in [0.717, 1.165) is 18.9 Å². The van der Waals surface area contributed by atoms with E-state index in [-0.39, 0.29) is 5.41 Å². The molecule has 2 fully saturated rings. The maximum atomic E-state index is 9.55. The number of hydrogen-bond donors (Lipinski definition) is 1. The van der Waals surface area contributed by atoms with Gasteiger partial charge in [-0.05, 0) is 31.1 Å². The van der Waals surface area contributed by atoms with Gasteiger partial charge in [0, 0.05) is 12.0 Å². The lowest BCUT2D eigenvalue weighted by Crippen LogP contribution is -2.40. The van der Waals surface area contributed by atoms with Crippen molar-refractivity contribution >= 4 is 0 Å². The first-order valence-corrected chi connectivity index (χ1v) is 5.43. The maximum absolute atomic E-state index is 9.55. The SMILES string of the molecule is CC(C)C1(CO)CCOC1C1CC1. The van der Waals surface area contributed by atoms with E-state index in [1.165, 1.54) is 12.8 Å². The minimum atomic E-state index is 0.0706. The molecule has 2 heteroatoms. The molecule has 0 amide bonds. The summed E-state index contributed by atoms with van der Waals surface area (Å²) in [5, 5.41) is 9.55. The van der Waals surface area contributed by atoms with Crippen LogP contribution in [-0.2, 0) is 4.74 Å². The van der Waals surface area contributed by atoms with Crippen LogP contribution < -0.4 is 0 Å². The van der Waals surface area contributed by atoms with Gasteiger partial charge in [-0.15, -0.1) is 0 Å². The van der Waals surface area contributed by atoms with Crippen molar-refractivity contribution in [1.29, 1.82) is 0 Å². The van der Waals surface area contributed by atoms with Crippen molar-refractivity contribution in [3.05, 3.63) is 0 Å². The Labute approximate surface area is 80.3 Å². The van der Waals surface area contributed by atoms with E-state index < -0.39 is 0 Å². The number of aliphatic hydroxyl groups excluding tert-OH is 1. The molecule has 2 aliphatic rings. The van der Waals surface area contributed by atoms with Crippen LogP contribution in [0.5, 0.6) is 0 Å². The molecule has 1 aliphatic carbocycles. The van der Waals surface area contributed by atoms with Gasteiger partial charge >= 0.3 is 0 Å². The zero-order valence-corrected chi connectivity index (χ0v) is 8.62. The predicted octanol–water partition coefficient (Wildman–Crippen LogP) is 1.82. The topological polar surface area (TPSA) is 29.5 Å². The first kappa shape index (κ1) is 9.47. The molecule has 1 aliphatic heterocycles. The summed E-state index contributed by atoms with van der Waals surface area (Å²) in [5.41, 5.74) is 0.0706. The van der Waals surface area contributed by atoms with Crippen molar-refractivity contribution in [2.75, 3.05) is 13.2 Å². The molecular formula is C11H20O2. The molecule has 0 radical (unpaired) electrons. The summed E-state index contributed by atoms with van der Waals surface area (Å²) in [6.45, 7) is 5.56. The Morgan fingerprint density at radius 2 is 2.15 bits per heavy atom. The second kappa shape index (κ2) is 3.25. The lowest BCUT2D eigenvalue weighted by atomic mass is 9.71. The first-order chi connectivity index (χ1) is 6.20. The fourth-order valence-corrected chi connectivity index (χ4v) is 2.66. The minimum absolute atomic E-state index is 0.0706. The highest BCUT2D eigenvalue weighted by molar-refractivity contribution is 5.00. The van der Waals surface area contributed by atoms with Crippen LogP contribution in [-0.4, -0.2) is 24.4 Å². The van der Waals surface area contributed by atoms with Gasteiger partial charge < -0.3 is 9.84 Å². The lowest BCUT2D eigenvalue weighted by molar-refractivity contribution is -0.0256. The van der Waals surface area contributed by atoms with Gasteiger partial charge in [-0.1, -0.05) is 13.8 Å². The highest BCUT2D eigenvalue weighted by Crippen LogP contribution is 2.51. The molecule has 2 unspecified atom stereocenters. The quantitative estimate of drug-likeness (QED) is 0.725. The fraction of sp³-hybridized carbons (Fsp3) is 1.00. The predicted molar refractivity (Wildman–Crippen MR) is 51.4 cm³/mol. The van der Waals surface area contributed by atoms with Gasteiger partial charge in [0.2, 0.25) is 0 Å². The average Bonchev–Trinajstić information content (AvgIpc) is 2.85. The Morgan fingerprint density at radius 1 is 1.46 bits per heavy atom. The third kappa shape index (κ3) is 1.40. The Balaban J connectivity index is 2.15. The summed E-state index contributed by atoms with van der Waals surface area (Å²) < 4.78 is 5.79. The molecule has 0 bridgehead atoms. The van der Waals surface area contributed by atoms with Gasteiger partial charge in [0.1, 0.15) is 0 Å². The highest BCUT2D eigenvalue weighted by atomic mass is 16.5. The van der Waals surface area contributed by atoms with Crippen molar-refractivity contribution in [3.63, 3.8) is 0 Å². The molecule has 0 aromatic rings. The maximum Gasteiger partial charge on any atom is 0.0684 e. The molecule has 2 atom stereocenters. The molecular weight excluding hydrogens is 164 g/mol. The Hall–Kier alpha value is -0.0800. The summed E-state index contributed by atoms with van der Waals surface area (Å²) in [6, 6.07) is 0. The minimum Gasteiger partial charge on any atom is -0.396 e. The normalized spacial score (nSPS) is 40.2. The van der Waals surface area contributed by atoms with Crippen LogP contribution in [0.1, 0.15) is 33.1 Å². The number of rotatable bonds is 3. The highest BCUT2D eigenvalue weighted by Gasteiger charge is 2.52. The summed E-state index contributed by atoms with van der Waals surface area (Å²) in [7, 11) is 0. The van der Waals surface area contributed by atoms with Crippen LogP contribution in [0.15, 0.2) is 0 Å². The van der Waals surface area contributed by atoms with Gasteiger partial charge in [-0.3, -0.25) is 0 Å². The van der Waals surface area contributed by atoms with Crippen molar-refractivity contribution in [2.24, 2.45) is 17.3 Å². The molecule has 0 aromatic heterocycles. The smallest absolute Gasteiger partial charge is 0.0684 e. The van der Waals surface area contributed by atoms with Crippen LogP contribution >= 0.6 is 0 Å². The largest absolute Gasteiger partial charge is 0.396 e. The summed E-state index contributed by atoms with van der Waals surface area (Å²) in [5.74, 6) is 1.28. The van der Waals surface area contributed by atoms with Crippen molar-refractivity contribution in [1.82, 2.24) is 0 Å². The van der Waals surface area contributed by atoms with Crippen LogP contribution in [0.3, 0.4) is 0 Å². The van der Waals surface area contributed by atoms with E-state index in [2.05, 4.69) is 13.8 Å². The van der Waals surface area contributed by atoms with Crippen molar-refractivity contribution in [2.45, 2.75) is 39.2 Å². The molecule has 1 saturated heterocycles. The molecule has 2 rings (SSSR count). The molecule has 2 nitrogen and oxygen atoms in total. The molecule has 76 valence electrons. The number of aliphatic hydroxyl groups is 1. The molecule has 1 heterocycles. The van der Waals surface area contributed by atoms with Crippen LogP contribution in [0, 0.1) is 17.3 Å². The fourth-order valence-electron chi connectivity index (χ4n) is 2.66. The van der Waals surface area contributed by atoms with E-state index in [4.69, 9.17) is 4.74 Å². The zero-order chi connectivity index (χ0) is 9.47. The van der Waals surface area contributed by atoms with E-state index >= 15 is 0 Å². The van der Waals surface area contributed by atoms with Gasteiger partial charge in [0.05, 0.1) is 12.7 Å². The zero-order valence-electron chi connectivity index (χ0n) is 8.62. The summed E-state index contributed by atoms with van der Waals surface area (Å²) in [4.78, 5) is 0. The van der Waals surface area contributed by atoms with E-state index in [0.29, 0.717) is 18.6 Å². The van der Waals surface area contributed by atoms with E-state index in [1.54, 1.807) is 0 Å². The Kier molecular flexibility index (Phi) is 2.37. The number of ether oxygens (including phenoxy) is 1. The Bertz CT molecular complexity index is 187. The Morgan fingerprint density at radius 3 is 2.62 bits per heavy atom. The standard InChI is InChI=1S/C11H20O2/c1-8(2)11(7-12)5-6-13-10(11)9-3-4-9/h8-10,12H,3-7H2,1-2H3. The number of hydrogen-bond acceptors (Lipinski definition) is 2. The van der Waals surface area contributed by atoms with Gasteiger partial charge in [0.15, 0.2) is 0 Å². The second-order valence-corrected chi connectivity index (χ2v) is 4.92. The van der Waals surface area contributed by atoms with Crippen LogP contribution in [0.25, 0.3) is 0 Å². The van der Waals surface area contributed by atoms with Crippen LogP contribution in [0.4, 0.5) is 0 Å². The van der Waals surface area contributed by atoms with Gasteiger partial charge in [0.25, 0.3) is 0 Å². The van der Waals surface area contributed by atoms with Crippen LogP contribution in [0.2, 0.25) is 0 Å². The summed E-state index contributed by atoms with van der Waals surface area (Å²) in [6.07, 6.45) is 4.00. The van der Waals surface area contributed by atoms with E-state index in [9.17, 15) is 5.11 Å². The monoisotopic (exact) mass is 184 g/mol. The molecule has 1 N–H and O–H groups in total. The molecule has 1 saturated carbocycles. The average molecular weight is 184 g/mol. The van der Waals surface area contributed by atoms with Crippen molar-refractivity contribution < 1.29 is 9.84 Å². The van der Waals surface area contributed by atoms with E-state index in [1.807, 2.05) is 0 Å². The first-order valence-electron chi connectivity index (χ1n) is 5.43. The van der Waals surface area contributed by atoms with Gasteiger partial charge in [-0.25, -0.2) is 0 Å². The second-order valence-electron chi connectivity index (χ2n) is 4.92. The molecule has 0 spiro atoms. The lowest BCUT2D eigenvalue weighted by Gasteiger charge is -2.36.